The Morgan fingerprint density at radius 1 is 1.19 bits per heavy atom. The van der Waals surface area contributed by atoms with E-state index in [1.807, 2.05) is 70.7 Å². The average Bonchev–Trinajstić information content (AvgIpc) is 3.34. The Labute approximate surface area is 160 Å². The number of anilines is 1. The fourth-order valence-corrected chi connectivity index (χ4v) is 3.22. The van der Waals surface area contributed by atoms with Crippen molar-refractivity contribution in [3.63, 3.8) is 0 Å². The van der Waals surface area contributed by atoms with E-state index >= 15 is 0 Å². The molecule has 0 radical (unpaired) electrons. The molecule has 0 unspecified atom stereocenters. The van der Waals surface area contributed by atoms with E-state index in [1.54, 1.807) is 23.5 Å². The van der Waals surface area contributed by atoms with Gasteiger partial charge in [-0.1, -0.05) is 18.2 Å². The van der Waals surface area contributed by atoms with Crippen LogP contribution >= 0.6 is 11.3 Å². The zero-order valence-corrected chi connectivity index (χ0v) is 15.2. The van der Waals surface area contributed by atoms with Crippen LogP contribution in [0, 0.1) is 0 Å². The molecule has 1 aromatic carbocycles. The molecule has 5 nitrogen and oxygen atoms in total. The molecule has 0 atom stereocenters. The maximum Gasteiger partial charge on any atom is 0.248 e. The summed E-state index contributed by atoms with van der Waals surface area (Å²) in [5.41, 5.74) is 2.41. The summed E-state index contributed by atoms with van der Waals surface area (Å²) in [5.74, 6) is 0.494. The van der Waals surface area contributed by atoms with Crippen LogP contribution < -0.4 is 10.1 Å². The van der Waals surface area contributed by atoms with Crippen LogP contribution in [-0.2, 0) is 11.4 Å². The third-order valence-corrected chi connectivity index (χ3v) is 4.68. The van der Waals surface area contributed by atoms with Crippen LogP contribution in [0.1, 0.15) is 10.6 Å². The molecule has 0 spiro atoms. The minimum atomic E-state index is -0.180. The van der Waals surface area contributed by atoms with Crippen molar-refractivity contribution in [2.24, 2.45) is 0 Å². The summed E-state index contributed by atoms with van der Waals surface area (Å²) >= 11 is 1.59. The lowest BCUT2D eigenvalue weighted by Crippen LogP contribution is -2.07. The van der Waals surface area contributed by atoms with Gasteiger partial charge in [-0.2, -0.15) is 0 Å². The maximum atomic E-state index is 12.1. The van der Waals surface area contributed by atoms with Crippen molar-refractivity contribution in [1.82, 2.24) is 9.38 Å². The summed E-state index contributed by atoms with van der Waals surface area (Å²) in [6.07, 6.45) is 7.21. The minimum Gasteiger partial charge on any atom is -0.487 e. The Morgan fingerprint density at radius 2 is 2.15 bits per heavy atom. The number of hydrogen-bond donors (Lipinski definition) is 1. The van der Waals surface area contributed by atoms with Gasteiger partial charge >= 0.3 is 0 Å². The summed E-state index contributed by atoms with van der Waals surface area (Å²) in [7, 11) is 0. The number of rotatable bonds is 6. The zero-order chi connectivity index (χ0) is 18.5. The smallest absolute Gasteiger partial charge is 0.248 e. The Kier molecular flexibility index (Phi) is 4.98. The molecule has 1 amide bonds. The van der Waals surface area contributed by atoms with Crippen molar-refractivity contribution in [2.45, 2.75) is 6.61 Å². The second-order valence-corrected chi connectivity index (χ2v) is 6.83. The average molecular weight is 375 g/mol. The van der Waals surface area contributed by atoms with E-state index in [0.717, 1.165) is 16.2 Å². The van der Waals surface area contributed by atoms with Crippen LogP contribution in [0.4, 0.5) is 5.69 Å². The minimum absolute atomic E-state index is 0.180. The molecule has 0 aliphatic carbocycles. The molecule has 1 N–H and O–H groups in total. The summed E-state index contributed by atoms with van der Waals surface area (Å²) in [4.78, 5) is 17.6. The predicted octanol–water partition coefficient (Wildman–Crippen LogP) is 4.63. The monoisotopic (exact) mass is 375 g/mol. The third-order valence-electron chi connectivity index (χ3n) is 3.84. The van der Waals surface area contributed by atoms with Gasteiger partial charge in [0.25, 0.3) is 0 Å². The summed E-state index contributed by atoms with van der Waals surface area (Å²) < 4.78 is 7.77. The number of imidazole rings is 1. The highest BCUT2D eigenvalue weighted by atomic mass is 32.1. The van der Waals surface area contributed by atoms with Crippen molar-refractivity contribution < 1.29 is 9.53 Å². The first kappa shape index (κ1) is 17.1. The first-order valence-corrected chi connectivity index (χ1v) is 9.32. The largest absolute Gasteiger partial charge is 0.487 e. The molecule has 0 fully saturated rings. The van der Waals surface area contributed by atoms with Crippen molar-refractivity contribution in [3.05, 3.63) is 89.0 Å². The lowest BCUT2D eigenvalue weighted by molar-refractivity contribution is -0.111. The number of nitrogens with zero attached hydrogens (tertiary/aromatic N) is 2. The zero-order valence-electron chi connectivity index (χ0n) is 14.4. The van der Waals surface area contributed by atoms with E-state index in [4.69, 9.17) is 4.74 Å². The number of aromatic nitrogens is 2. The van der Waals surface area contributed by atoms with Gasteiger partial charge in [0.1, 0.15) is 18.0 Å². The highest BCUT2D eigenvalue weighted by Gasteiger charge is 2.04. The number of carbonyl (C=O) groups excluding carboxylic acids is 1. The third kappa shape index (κ3) is 4.43. The molecule has 0 saturated carbocycles. The molecule has 3 aromatic heterocycles. The molecular weight excluding hydrogens is 358 g/mol. The molecule has 3 heterocycles. The van der Waals surface area contributed by atoms with Gasteiger partial charge in [-0.05, 0) is 41.8 Å². The number of benzene rings is 1. The fraction of sp³-hybridized carbons (Fsp3) is 0.0476. The van der Waals surface area contributed by atoms with Gasteiger partial charge < -0.3 is 14.5 Å². The van der Waals surface area contributed by atoms with Gasteiger partial charge in [-0.25, -0.2) is 4.98 Å². The predicted molar refractivity (Wildman–Crippen MR) is 108 cm³/mol. The number of fused-ring (bicyclic) bond motifs is 1. The van der Waals surface area contributed by atoms with E-state index in [1.165, 1.54) is 6.08 Å². The van der Waals surface area contributed by atoms with Crippen molar-refractivity contribution in [1.29, 1.82) is 0 Å². The molecule has 4 rings (SSSR count). The van der Waals surface area contributed by atoms with E-state index in [2.05, 4.69) is 10.3 Å². The van der Waals surface area contributed by atoms with Gasteiger partial charge in [-0.3, -0.25) is 4.79 Å². The Bertz CT molecular complexity index is 1050. The molecule has 0 bridgehead atoms. The van der Waals surface area contributed by atoms with Crippen LogP contribution in [0.5, 0.6) is 5.75 Å². The number of amides is 1. The normalized spacial score (nSPS) is 11.1. The summed E-state index contributed by atoms with van der Waals surface area (Å²) in [5, 5.41) is 4.82. The number of carbonyl (C=O) groups is 1. The molecule has 0 saturated heterocycles. The molecule has 4 aromatic rings. The van der Waals surface area contributed by atoms with Gasteiger partial charge in [0.15, 0.2) is 0 Å². The van der Waals surface area contributed by atoms with Crippen LogP contribution in [0.2, 0.25) is 0 Å². The molecule has 0 aliphatic rings. The van der Waals surface area contributed by atoms with Crippen molar-refractivity contribution in [3.8, 4) is 5.75 Å². The van der Waals surface area contributed by atoms with Gasteiger partial charge in [-0.15, -0.1) is 11.3 Å². The van der Waals surface area contributed by atoms with Crippen LogP contribution in [-0.4, -0.2) is 15.3 Å². The first-order valence-electron chi connectivity index (χ1n) is 8.44. The Morgan fingerprint density at radius 3 is 3.00 bits per heavy atom. The van der Waals surface area contributed by atoms with E-state index in [0.29, 0.717) is 18.0 Å². The molecule has 6 heteroatoms. The molecule has 134 valence electrons. The van der Waals surface area contributed by atoms with Crippen LogP contribution in [0.15, 0.2) is 78.4 Å². The second-order valence-electron chi connectivity index (χ2n) is 5.85. The van der Waals surface area contributed by atoms with Crippen LogP contribution in [0.3, 0.4) is 0 Å². The topological polar surface area (TPSA) is 55.6 Å². The summed E-state index contributed by atoms with van der Waals surface area (Å²) in [6.45, 7) is 0.358. The Hall–Kier alpha value is -3.38. The van der Waals surface area contributed by atoms with E-state index in [-0.39, 0.29) is 5.91 Å². The number of nitrogens with one attached hydrogen (secondary N) is 1. The van der Waals surface area contributed by atoms with Gasteiger partial charge in [0, 0.05) is 35.1 Å². The van der Waals surface area contributed by atoms with Crippen molar-refractivity contribution >= 4 is 34.7 Å². The van der Waals surface area contributed by atoms with Crippen molar-refractivity contribution in [2.75, 3.05) is 5.32 Å². The van der Waals surface area contributed by atoms with Crippen LogP contribution in [0.25, 0.3) is 11.7 Å². The molecule has 27 heavy (non-hydrogen) atoms. The second kappa shape index (κ2) is 7.88. The van der Waals surface area contributed by atoms with E-state index in [9.17, 15) is 4.79 Å². The number of hydrogen-bond acceptors (Lipinski definition) is 4. The SMILES string of the molecule is O=C(/C=C/c1cccs1)Nc1cccc(OCc2cn3ccccc3n2)c1. The maximum absolute atomic E-state index is 12.1. The number of pyridine rings is 1. The number of ether oxygens (including phenoxy) is 1. The molecule has 0 aliphatic heterocycles. The molecular formula is C21H17N3O2S. The highest BCUT2D eigenvalue weighted by Crippen LogP contribution is 2.19. The lowest BCUT2D eigenvalue weighted by Gasteiger charge is -2.07. The fourth-order valence-electron chi connectivity index (χ4n) is 2.61. The standard InChI is InChI=1S/C21H17N3O2S/c25-21(10-9-19-7-4-12-27-19)23-16-5-3-6-18(13-16)26-15-17-14-24-11-2-1-8-20(24)22-17/h1-14H,15H2,(H,23,25)/b10-9+. The Balaban J connectivity index is 1.37. The highest BCUT2D eigenvalue weighted by molar-refractivity contribution is 7.10. The van der Waals surface area contributed by atoms with Gasteiger partial charge in [0.05, 0.1) is 5.69 Å². The summed E-state index contributed by atoms with van der Waals surface area (Å²) in [6, 6.07) is 17.1. The number of thiophene rings is 1. The quantitative estimate of drug-likeness (QED) is 0.500. The van der Waals surface area contributed by atoms with Gasteiger partial charge in [0.2, 0.25) is 5.91 Å². The van der Waals surface area contributed by atoms with E-state index < -0.39 is 0 Å². The lowest BCUT2D eigenvalue weighted by atomic mass is 10.3. The first-order chi connectivity index (χ1) is 13.3.